The van der Waals surface area contributed by atoms with E-state index in [1.54, 1.807) is 4.90 Å². The minimum atomic E-state index is -0.518. The summed E-state index contributed by atoms with van der Waals surface area (Å²) in [6.45, 7) is 5.34. The molecule has 1 heterocycles. The van der Waals surface area contributed by atoms with E-state index < -0.39 is 6.10 Å². The van der Waals surface area contributed by atoms with Crippen molar-refractivity contribution in [2.45, 2.75) is 32.3 Å². The van der Waals surface area contributed by atoms with Crippen LogP contribution in [0.25, 0.3) is 0 Å². The zero-order valence-corrected chi connectivity index (χ0v) is 10.6. The van der Waals surface area contributed by atoms with Crippen LogP contribution >= 0.6 is 0 Å². The molecule has 0 aromatic rings. The summed E-state index contributed by atoms with van der Waals surface area (Å²) < 4.78 is 0. The molecule has 1 atom stereocenters. The fourth-order valence-electron chi connectivity index (χ4n) is 2.26. The molecule has 2 N–H and O–H groups in total. The molecule has 0 bridgehead atoms. The standard InChI is InChI=1S/C12H24N2O3/c1-2-5-13(7-8-15)9-11(16)10-14-6-3-4-12(14)17/h11,15-16H,2-10H2,1H3. The van der Waals surface area contributed by atoms with Gasteiger partial charge < -0.3 is 15.1 Å². The molecule has 1 aliphatic heterocycles. The summed E-state index contributed by atoms with van der Waals surface area (Å²) in [5.41, 5.74) is 0. The Morgan fingerprint density at radius 2 is 2.24 bits per heavy atom. The smallest absolute Gasteiger partial charge is 0.222 e. The molecule has 1 rings (SSSR count). The molecular weight excluding hydrogens is 220 g/mol. The van der Waals surface area contributed by atoms with Gasteiger partial charge in [0.15, 0.2) is 0 Å². The number of carbonyl (C=O) groups excluding carboxylic acids is 1. The van der Waals surface area contributed by atoms with Gasteiger partial charge in [-0.2, -0.15) is 0 Å². The molecule has 5 nitrogen and oxygen atoms in total. The maximum absolute atomic E-state index is 11.4. The SMILES string of the molecule is CCCN(CCO)CC(O)CN1CCCC1=O. The lowest BCUT2D eigenvalue weighted by atomic mass is 10.3. The molecule has 5 heteroatoms. The molecule has 0 radical (unpaired) electrons. The third-order valence-electron chi connectivity index (χ3n) is 3.03. The lowest BCUT2D eigenvalue weighted by Crippen LogP contribution is -2.41. The third kappa shape index (κ3) is 5.02. The molecule has 0 aromatic heterocycles. The van der Waals surface area contributed by atoms with Crippen molar-refractivity contribution >= 4 is 5.91 Å². The minimum Gasteiger partial charge on any atom is -0.395 e. The van der Waals surface area contributed by atoms with Gasteiger partial charge in [-0.25, -0.2) is 0 Å². The third-order valence-corrected chi connectivity index (χ3v) is 3.03. The van der Waals surface area contributed by atoms with Crippen LogP contribution in [-0.4, -0.2) is 71.4 Å². The van der Waals surface area contributed by atoms with Gasteiger partial charge in [0, 0.05) is 32.6 Å². The summed E-state index contributed by atoms with van der Waals surface area (Å²) in [4.78, 5) is 15.2. The Balaban J connectivity index is 2.30. The van der Waals surface area contributed by atoms with Gasteiger partial charge in [0.1, 0.15) is 0 Å². The fraction of sp³-hybridized carbons (Fsp3) is 0.917. The second kappa shape index (κ2) is 7.63. The Morgan fingerprint density at radius 3 is 2.76 bits per heavy atom. The molecule has 1 amide bonds. The van der Waals surface area contributed by atoms with Crippen LogP contribution in [0.5, 0.6) is 0 Å². The largest absolute Gasteiger partial charge is 0.395 e. The summed E-state index contributed by atoms with van der Waals surface area (Å²) in [5, 5.41) is 18.8. The van der Waals surface area contributed by atoms with Crippen molar-refractivity contribution in [3.63, 3.8) is 0 Å². The van der Waals surface area contributed by atoms with Crippen LogP contribution in [0.4, 0.5) is 0 Å². The Hall–Kier alpha value is -0.650. The highest BCUT2D eigenvalue weighted by molar-refractivity contribution is 5.78. The zero-order valence-electron chi connectivity index (χ0n) is 10.6. The Labute approximate surface area is 103 Å². The molecular formula is C12H24N2O3. The summed E-state index contributed by atoms with van der Waals surface area (Å²) in [5.74, 6) is 0.147. The lowest BCUT2D eigenvalue weighted by molar-refractivity contribution is -0.129. The first-order chi connectivity index (χ1) is 8.17. The molecule has 0 saturated carbocycles. The lowest BCUT2D eigenvalue weighted by Gasteiger charge is -2.26. The number of rotatable bonds is 8. The Kier molecular flexibility index (Phi) is 6.47. The van der Waals surface area contributed by atoms with Crippen molar-refractivity contribution in [1.29, 1.82) is 0 Å². The number of nitrogens with zero attached hydrogens (tertiary/aromatic N) is 2. The maximum Gasteiger partial charge on any atom is 0.222 e. The Bertz CT molecular complexity index is 230. The maximum atomic E-state index is 11.4. The van der Waals surface area contributed by atoms with Gasteiger partial charge >= 0.3 is 0 Å². The first kappa shape index (κ1) is 14.4. The molecule has 1 unspecified atom stereocenters. The van der Waals surface area contributed by atoms with Crippen molar-refractivity contribution in [2.75, 3.05) is 39.3 Å². The number of carbonyl (C=O) groups is 1. The van der Waals surface area contributed by atoms with E-state index in [4.69, 9.17) is 5.11 Å². The summed E-state index contributed by atoms with van der Waals surface area (Å²) in [6, 6.07) is 0. The summed E-state index contributed by atoms with van der Waals surface area (Å²) >= 11 is 0. The predicted octanol–water partition coefficient (Wildman–Crippen LogP) is -0.326. The van der Waals surface area contributed by atoms with Crippen LogP contribution in [0, 0.1) is 0 Å². The number of hydrogen-bond acceptors (Lipinski definition) is 4. The van der Waals surface area contributed by atoms with Crippen molar-refractivity contribution in [1.82, 2.24) is 9.80 Å². The molecule has 1 aliphatic rings. The van der Waals surface area contributed by atoms with Crippen LogP contribution < -0.4 is 0 Å². The second-order valence-corrected chi connectivity index (χ2v) is 4.62. The number of β-amino-alcohol motifs (C(OH)–C–C–N with tert-alkyl or cyclic N) is 1. The van der Waals surface area contributed by atoms with Gasteiger partial charge in [0.2, 0.25) is 5.91 Å². The summed E-state index contributed by atoms with van der Waals surface area (Å²) in [7, 11) is 0. The van der Waals surface area contributed by atoms with Gasteiger partial charge in [-0.05, 0) is 19.4 Å². The highest BCUT2D eigenvalue weighted by Gasteiger charge is 2.23. The average Bonchev–Trinajstić information content (AvgIpc) is 2.65. The van der Waals surface area contributed by atoms with E-state index in [0.29, 0.717) is 26.1 Å². The quantitative estimate of drug-likeness (QED) is 0.614. The Morgan fingerprint density at radius 1 is 1.47 bits per heavy atom. The summed E-state index contributed by atoms with van der Waals surface area (Å²) in [6.07, 6.45) is 1.99. The topological polar surface area (TPSA) is 64.0 Å². The van der Waals surface area contributed by atoms with E-state index in [-0.39, 0.29) is 12.5 Å². The molecule has 0 spiro atoms. The van der Waals surface area contributed by atoms with Gasteiger partial charge in [-0.1, -0.05) is 6.92 Å². The molecule has 100 valence electrons. The monoisotopic (exact) mass is 244 g/mol. The first-order valence-corrected chi connectivity index (χ1v) is 6.46. The predicted molar refractivity (Wildman–Crippen MR) is 65.6 cm³/mol. The number of aliphatic hydroxyl groups excluding tert-OH is 2. The van der Waals surface area contributed by atoms with E-state index >= 15 is 0 Å². The molecule has 0 aliphatic carbocycles. The second-order valence-electron chi connectivity index (χ2n) is 4.62. The van der Waals surface area contributed by atoms with Crippen LogP contribution in [0.15, 0.2) is 0 Å². The molecule has 1 fully saturated rings. The van der Waals surface area contributed by atoms with Crippen molar-refractivity contribution in [3.05, 3.63) is 0 Å². The van der Waals surface area contributed by atoms with E-state index in [9.17, 15) is 9.90 Å². The van der Waals surface area contributed by atoms with E-state index in [2.05, 4.69) is 6.92 Å². The number of aliphatic hydroxyl groups is 2. The first-order valence-electron chi connectivity index (χ1n) is 6.46. The zero-order chi connectivity index (χ0) is 12.7. The van der Waals surface area contributed by atoms with Crippen molar-refractivity contribution in [2.24, 2.45) is 0 Å². The van der Waals surface area contributed by atoms with Crippen LogP contribution in [0.2, 0.25) is 0 Å². The van der Waals surface area contributed by atoms with E-state index in [1.807, 2.05) is 4.90 Å². The normalized spacial score (nSPS) is 18.1. The van der Waals surface area contributed by atoms with E-state index in [1.165, 1.54) is 0 Å². The average molecular weight is 244 g/mol. The van der Waals surface area contributed by atoms with E-state index in [0.717, 1.165) is 25.9 Å². The van der Waals surface area contributed by atoms with Gasteiger partial charge in [0.05, 0.1) is 12.7 Å². The number of likely N-dealkylation sites (tertiary alicyclic amines) is 1. The molecule has 1 saturated heterocycles. The van der Waals surface area contributed by atoms with Gasteiger partial charge in [-0.3, -0.25) is 9.69 Å². The van der Waals surface area contributed by atoms with Crippen LogP contribution in [-0.2, 0) is 4.79 Å². The van der Waals surface area contributed by atoms with Crippen LogP contribution in [0.1, 0.15) is 26.2 Å². The van der Waals surface area contributed by atoms with Crippen LogP contribution in [0.3, 0.4) is 0 Å². The number of amides is 1. The highest BCUT2D eigenvalue weighted by Crippen LogP contribution is 2.10. The molecule has 17 heavy (non-hydrogen) atoms. The van der Waals surface area contributed by atoms with Crippen molar-refractivity contribution < 1.29 is 15.0 Å². The number of hydrogen-bond donors (Lipinski definition) is 2. The fourth-order valence-corrected chi connectivity index (χ4v) is 2.26. The highest BCUT2D eigenvalue weighted by atomic mass is 16.3. The molecule has 0 aromatic carbocycles. The van der Waals surface area contributed by atoms with Gasteiger partial charge in [-0.15, -0.1) is 0 Å². The van der Waals surface area contributed by atoms with Gasteiger partial charge in [0.25, 0.3) is 0 Å². The van der Waals surface area contributed by atoms with Crippen molar-refractivity contribution in [3.8, 4) is 0 Å². The minimum absolute atomic E-state index is 0.107.